The largest absolute Gasteiger partial charge is 0.451 e. The first kappa shape index (κ1) is 19.6. The quantitative estimate of drug-likeness (QED) is 0.365. The van der Waals surface area contributed by atoms with E-state index in [0.29, 0.717) is 11.3 Å². The maximum Gasteiger partial charge on any atom is 0.293 e. The number of anilines is 1. The monoisotopic (exact) mass is 412 g/mol. The van der Waals surface area contributed by atoms with Gasteiger partial charge in [-0.2, -0.15) is 0 Å². The molecular formula is C18H12N4O6S. The second kappa shape index (κ2) is 8.27. The van der Waals surface area contributed by atoms with Crippen molar-refractivity contribution in [2.24, 2.45) is 0 Å². The van der Waals surface area contributed by atoms with Crippen LogP contribution in [0.2, 0.25) is 0 Å². The number of hydrogen-bond donors (Lipinski definition) is 2. The molecule has 0 saturated carbocycles. The van der Waals surface area contributed by atoms with Gasteiger partial charge in [0.2, 0.25) is 0 Å². The molecule has 0 unspecified atom stereocenters. The highest BCUT2D eigenvalue weighted by molar-refractivity contribution is 7.80. The molecule has 0 fully saturated rings. The normalized spacial score (nSPS) is 10.2. The summed E-state index contributed by atoms with van der Waals surface area (Å²) >= 11 is 5.04. The van der Waals surface area contributed by atoms with E-state index in [1.54, 1.807) is 12.1 Å². The Balaban J connectivity index is 1.68. The zero-order valence-corrected chi connectivity index (χ0v) is 15.3. The van der Waals surface area contributed by atoms with Crippen LogP contribution in [-0.2, 0) is 0 Å². The van der Waals surface area contributed by atoms with Gasteiger partial charge in [0.15, 0.2) is 10.9 Å². The van der Waals surface area contributed by atoms with Gasteiger partial charge in [-0.25, -0.2) is 0 Å². The standard InChI is InChI=1S/C18H12N4O6S/c23-17(20-18(29)19-12-4-2-6-14(10-12)22(26)27)16-8-7-15(28-16)11-3-1-5-13(9-11)21(24)25/h1-10H,(H2,19,20,23,29). The van der Waals surface area contributed by atoms with Gasteiger partial charge >= 0.3 is 0 Å². The van der Waals surface area contributed by atoms with Gasteiger partial charge in [0.1, 0.15) is 5.76 Å². The van der Waals surface area contributed by atoms with E-state index in [2.05, 4.69) is 10.6 Å². The molecule has 2 aromatic carbocycles. The number of nitro benzene ring substituents is 2. The van der Waals surface area contributed by atoms with Crippen LogP contribution in [0.1, 0.15) is 10.6 Å². The van der Waals surface area contributed by atoms with Crippen LogP contribution in [-0.4, -0.2) is 20.9 Å². The molecule has 0 spiro atoms. The van der Waals surface area contributed by atoms with Crippen molar-refractivity contribution < 1.29 is 19.1 Å². The van der Waals surface area contributed by atoms with Crippen LogP contribution in [0.3, 0.4) is 0 Å². The fourth-order valence-corrected chi connectivity index (χ4v) is 2.62. The van der Waals surface area contributed by atoms with Crippen LogP contribution < -0.4 is 10.6 Å². The van der Waals surface area contributed by atoms with E-state index < -0.39 is 15.8 Å². The smallest absolute Gasteiger partial charge is 0.293 e. The van der Waals surface area contributed by atoms with Crippen molar-refractivity contribution in [3.63, 3.8) is 0 Å². The van der Waals surface area contributed by atoms with Gasteiger partial charge in [-0.3, -0.25) is 30.3 Å². The maximum absolute atomic E-state index is 12.3. The summed E-state index contributed by atoms with van der Waals surface area (Å²) in [5.41, 5.74) is 0.542. The van der Waals surface area contributed by atoms with Gasteiger partial charge < -0.3 is 9.73 Å². The number of hydrogen-bond acceptors (Lipinski definition) is 7. The molecule has 0 bridgehead atoms. The minimum Gasteiger partial charge on any atom is -0.451 e. The fraction of sp³-hybridized carbons (Fsp3) is 0. The first-order chi connectivity index (χ1) is 13.8. The lowest BCUT2D eigenvalue weighted by Crippen LogP contribution is -2.33. The predicted octanol–water partition coefficient (Wildman–Crippen LogP) is 3.89. The molecule has 1 heterocycles. The number of carbonyl (C=O) groups excluding carboxylic acids is 1. The maximum atomic E-state index is 12.3. The van der Waals surface area contributed by atoms with Gasteiger partial charge in [-0.1, -0.05) is 18.2 Å². The fourth-order valence-electron chi connectivity index (χ4n) is 2.41. The number of benzene rings is 2. The number of nitro groups is 2. The molecule has 0 aliphatic heterocycles. The summed E-state index contributed by atoms with van der Waals surface area (Å²) < 4.78 is 5.46. The molecule has 29 heavy (non-hydrogen) atoms. The van der Waals surface area contributed by atoms with Crippen molar-refractivity contribution in [1.82, 2.24) is 5.32 Å². The van der Waals surface area contributed by atoms with E-state index >= 15 is 0 Å². The minimum atomic E-state index is -0.649. The summed E-state index contributed by atoms with van der Waals surface area (Å²) in [5, 5.41) is 26.7. The van der Waals surface area contributed by atoms with Gasteiger partial charge in [0, 0.05) is 35.5 Å². The van der Waals surface area contributed by atoms with Crippen LogP contribution in [0, 0.1) is 20.2 Å². The van der Waals surface area contributed by atoms with Crippen molar-refractivity contribution in [1.29, 1.82) is 0 Å². The summed E-state index contributed by atoms with van der Waals surface area (Å²) in [5.74, 6) is -0.435. The van der Waals surface area contributed by atoms with E-state index in [1.807, 2.05) is 0 Å². The first-order valence-electron chi connectivity index (χ1n) is 8.05. The number of amides is 1. The van der Waals surface area contributed by atoms with E-state index in [0.717, 1.165) is 0 Å². The molecule has 3 rings (SSSR count). The van der Waals surface area contributed by atoms with Gasteiger partial charge in [-0.15, -0.1) is 0 Å². The molecule has 0 aliphatic rings. The van der Waals surface area contributed by atoms with Crippen LogP contribution in [0.4, 0.5) is 17.1 Å². The van der Waals surface area contributed by atoms with Crippen molar-refractivity contribution in [2.45, 2.75) is 0 Å². The van der Waals surface area contributed by atoms with Gasteiger partial charge in [-0.05, 0) is 30.4 Å². The summed E-state index contributed by atoms with van der Waals surface area (Å²) in [6, 6.07) is 14.3. The third kappa shape index (κ3) is 4.78. The van der Waals surface area contributed by atoms with Gasteiger partial charge in [0.25, 0.3) is 17.3 Å². The predicted molar refractivity (Wildman–Crippen MR) is 108 cm³/mol. The van der Waals surface area contributed by atoms with Crippen LogP contribution >= 0.6 is 12.2 Å². The van der Waals surface area contributed by atoms with E-state index in [1.165, 1.54) is 48.5 Å². The van der Waals surface area contributed by atoms with Crippen LogP contribution in [0.5, 0.6) is 0 Å². The Bertz CT molecular complexity index is 1130. The molecule has 0 saturated heterocycles. The summed E-state index contributed by atoms with van der Waals surface area (Å²) in [6.07, 6.45) is 0. The Morgan fingerprint density at radius 3 is 2.28 bits per heavy atom. The van der Waals surface area contributed by atoms with E-state index in [9.17, 15) is 25.0 Å². The Labute approximate surface area is 168 Å². The Kier molecular flexibility index (Phi) is 5.60. The molecule has 3 aromatic rings. The molecule has 2 N–H and O–H groups in total. The Morgan fingerprint density at radius 2 is 1.59 bits per heavy atom. The van der Waals surface area contributed by atoms with E-state index in [-0.39, 0.29) is 28.0 Å². The van der Waals surface area contributed by atoms with E-state index in [4.69, 9.17) is 16.6 Å². The molecule has 0 aliphatic carbocycles. The molecular weight excluding hydrogens is 400 g/mol. The third-order valence-corrected chi connectivity index (χ3v) is 3.92. The van der Waals surface area contributed by atoms with Crippen LogP contribution in [0.25, 0.3) is 11.3 Å². The summed E-state index contributed by atoms with van der Waals surface area (Å²) in [7, 11) is 0. The van der Waals surface area contributed by atoms with Crippen LogP contribution in [0.15, 0.2) is 65.1 Å². The highest BCUT2D eigenvalue weighted by Gasteiger charge is 2.16. The Morgan fingerprint density at radius 1 is 0.931 bits per heavy atom. The SMILES string of the molecule is O=C(NC(=S)Nc1cccc([N+](=O)[O-])c1)c1ccc(-c2cccc([N+](=O)[O-])c2)o1. The minimum absolute atomic E-state index is 0.0605. The summed E-state index contributed by atoms with van der Waals surface area (Å²) in [6.45, 7) is 0. The molecule has 1 amide bonds. The zero-order chi connectivity index (χ0) is 21.0. The number of rotatable bonds is 5. The molecule has 146 valence electrons. The summed E-state index contributed by atoms with van der Waals surface area (Å²) in [4.78, 5) is 32.9. The Hall–Kier alpha value is -4.12. The lowest BCUT2D eigenvalue weighted by Gasteiger charge is -2.08. The molecule has 11 heteroatoms. The van der Waals surface area contributed by atoms with Crippen molar-refractivity contribution in [3.8, 4) is 11.3 Å². The number of nitrogens with one attached hydrogen (secondary N) is 2. The topological polar surface area (TPSA) is 141 Å². The number of nitrogens with zero attached hydrogens (tertiary/aromatic N) is 2. The lowest BCUT2D eigenvalue weighted by molar-refractivity contribution is -0.385. The average Bonchev–Trinajstić information content (AvgIpc) is 3.18. The van der Waals surface area contributed by atoms with Crippen molar-refractivity contribution >= 4 is 40.3 Å². The number of carbonyl (C=O) groups is 1. The molecule has 1 aromatic heterocycles. The average molecular weight is 412 g/mol. The third-order valence-electron chi connectivity index (χ3n) is 3.71. The second-order valence-corrected chi connectivity index (χ2v) is 6.10. The second-order valence-electron chi connectivity index (χ2n) is 5.69. The highest BCUT2D eigenvalue weighted by atomic mass is 32.1. The number of non-ortho nitro benzene ring substituents is 2. The highest BCUT2D eigenvalue weighted by Crippen LogP contribution is 2.25. The number of thiocarbonyl (C=S) groups is 1. The van der Waals surface area contributed by atoms with Gasteiger partial charge in [0.05, 0.1) is 9.85 Å². The molecule has 0 atom stereocenters. The number of furan rings is 1. The first-order valence-corrected chi connectivity index (χ1v) is 8.46. The molecule has 10 nitrogen and oxygen atoms in total. The van der Waals surface area contributed by atoms with Crippen molar-refractivity contribution in [2.75, 3.05) is 5.32 Å². The van der Waals surface area contributed by atoms with Crippen molar-refractivity contribution in [3.05, 3.63) is 86.7 Å². The molecule has 0 radical (unpaired) electrons. The lowest BCUT2D eigenvalue weighted by atomic mass is 10.1. The zero-order valence-electron chi connectivity index (χ0n) is 14.5.